The quantitative estimate of drug-likeness (QED) is 0.687. The van der Waals surface area contributed by atoms with Gasteiger partial charge in [-0.3, -0.25) is 9.69 Å². The van der Waals surface area contributed by atoms with Gasteiger partial charge in [-0.25, -0.2) is 0 Å². The zero-order valence-corrected chi connectivity index (χ0v) is 9.79. The fraction of sp³-hybridized carbons (Fsp3) is 0.818. The number of carbonyl (C=O) groups excluding carboxylic acids is 1. The zero-order valence-electron chi connectivity index (χ0n) is 9.79. The van der Waals surface area contributed by atoms with E-state index in [9.17, 15) is 4.79 Å². The molecule has 1 saturated heterocycles. The number of hydrogen-bond donors (Lipinski definition) is 0. The first kappa shape index (κ1) is 12.0. The highest BCUT2D eigenvalue weighted by Crippen LogP contribution is 2.19. The molecule has 4 heteroatoms. The third kappa shape index (κ3) is 3.52. The van der Waals surface area contributed by atoms with Gasteiger partial charge >= 0.3 is 0 Å². The van der Waals surface area contributed by atoms with Gasteiger partial charge in [0.1, 0.15) is 0 Å². The molecule has 0 atom stereocenters. The van der Waals surface area contributed by atoms with Gasteiger partial charge < -0.3 is 4.90 Å². The molecule has 1 heterocycles. The van der Waals surface area contributed by atoms with E-state index < -0.39 is 0 Å². The maximum absolute atomic E-state index is 11.4. The van der Waals surface area contributed by atoms with Crippen molar-refractivity contribution in [2.45, 2.75) is 20.3 Å². The molecule has 1 rings (SSSR count). The minimum absolute atomic E-state index is 0.177. The van der Waals surface area contributed by atoms with Crippen molar-refractivity contribution in [3.05, 3.63) is 0 Å². The van der Waals surface area contributed by atoms with Gasteiger partial charge in [-0.2, -0.15) is 5.26 Å². The highest BCUT2D eigenvalue weighted by Gasteiger charge is 2.23. The largest absolute Gasteiger partial charge is 0.343 e. The van der Waals surface area contributed by atoms with Crippen molar-refractivity contribution in [2.24, 2.45) is 5.41 Å². The van der Waals surface area contributed by atoms with Crippen molar-refractivity contribution in [3.8, 4) is 6.07 Å². The molecular formula is C11H19N3O. The first-order chi connectivity index (χ1) is 6.94. The molecule has 1 amide bonds. The minimum Gasteiger partial charge on any atom is -0.343 e. The van der Waals surface area contributed by atoms with Crippen LogP contribution in [0.1, 0.15) is 20.3 Å². The van der Waals surface area contributed by atoms with E-state index in [0.29, 0.717) is 6.54 Å². The summed E-state index contributed by atoms with van der Waals surface area (Å²) in [4.78, 5) is 15.3. The van der Waals surface area contributed by atoms with Crippen LogP contribution in [0.4, 0.5) is 0 Å². The summed E-state index contributed by atoms with van der Waals surface area (Å²) in [7, 11) is 1.83. The molecule has 0 aromatic rings. The van der Waals surface area contributed by atoms with Crippen LogP contribution >= 0.6 is 0 Å². The second kappa shape index (κ2) is 4.63. The topological polar surface area (TPSA) is 47.3 Å². The van der Waals surface area contributed by atoms with Crippen LogP contribution in [0.15, 0.2) is 0 Å². The second-order valence-corrected chi connectivity index (χ2v) is 4.84. The molecule has 0 aliphatic carbocycles. The second-order valence-electron chi connectivity index (χ2n) is 4.84. The monoisotopic (exact) mass is 209 g/mol. The van der Waals surface area contributed by atoms with E-state index in [1.165, 1.54) is 0 Å². The van der Waals surface area contributed by atoms with Gasteiger partial charge in [0.15, 0.2) is 0 Å². The lowest BCUT2D eigenvalue weighted by molar-refractivity contribution is -0.134. The summed E-state index contributed by atoms with van der Waals surface area (Å²) in [6, 6.07) is 2.28. The summed E-state index contributed by atoms with van der Waals surface area (Å²) < 4.78 is 0. The molecule has 84 valence electrons. The molecule has 0 aromatic heterocycles. The number of rotatable bonds is 3. The van der Waals surface area contributed by atoms with Crippen LogP contribution in [0, 0.1) is 16.7 Å². The van der Waals surface area contributed by atoms with Crippen LogP contribution in [0.25, 0.3) is 0 Å². The molecule has 1 aliphatic rings. The summed E-state index contributed by atoms with van der Waals surface area (Å²) >= 11 is 0. The van der Waals surface area contributed by atoms with Gasteiger partial charge in [0, 0.05) is 26.7 Å². The average Bonchev–Trinajstić information content (AvgIpc) is 2.20. The Morgan fingerprint density at radius 1 is 1.47 bits per heavy atom. The molecule has 0 radical (unpaired) electrons. The number of nitriles is 1. The van der Waals surface area contributed by atoms with E-state index >= 15 is 0 Å². The predicted molar refractivity (Wildman–Crippen MR) is 58.1 cm³/mol. The number of piperazine rings is 1. The minimum atomic E-state index is -0.285. The Morgan fingerprint density at radius 3 is 2.67 bits per heavy atom. The number of carbonyl (C=O) groups is 1. The van der Waals surface area contributed by atoms with E-state index in [0.717, 1.165) is 26.1 Å². The van der Waals surface area contributed by atoms with Crippen molar-refractivity contribution in [3.63, 3.8) is 0 Å². The van der Waals surface area contributed by atoms with Gasteiger partial charge in [-0.15, -0.1) is 0 Å². The van der Waals surface area contributed by atoms with Crippen molar-refractivity contribution in [2.75, 3.05) is 33.2 Å². The molecule has 0 N–H and O–H groups in total. The van der Waals surface area contributed by atoms with Gasteiger partial charge in [-0.1, -0.05) is 0 Å². The molecule has 0 bridgehead atoms. The molecule has 15 heavy (non-hydrogen) atoms. The molecule has 1 fully saturated rings. The number of nitrogens with zero attached hydrogens (tertiary/aromatic N) is 3. The van der Waals surface area contributed by atoms with Crippen LogP contribution in [0.3, 0.4) is 0 Å². The number of amides is 1. The van der Waals surface area contributed by atoms with Crippen LogP contribution in [0.5, 0.6) is 0 Å². The van der Waals surface area contributed by atoms with Crippen LogP contribution < -0.4 is 0 Å². The normalized spacial score (nSPS) is 19.1. The Balaban J connectivity index is 2.36. The average molecular weight is 209 g/mol. The standard InChI is InChI=1S/C11H19N3O/c1-11(2,9-12)4-5-14-7-6-13(3)10(15)8-14/h4-8H2,1-3H3. The highest BCUT2D eigenvalue weighted by molar-refractivity contribution is 5.78. The summed E-state index contributed by atoms with van der Waals surface area (Å²) in [5.74, 6) is 0.177. The van der Waals surface area contributed by atoms with Crippen molar-refractivity contribution in [1.29, 1.82) is 5.26 Å². The van der Waals surface area contributed by atoms with E-state index in [4.69, 9.17) is 5.26 Å². The van der Waals surface area contributed by atoms with Gasteiger partial charge in [-0.05, 0) is 20.3 Å². The molecule has 4 nitrogen and oxygen atoms in total. The lowest BCUT2D eigenvalue weighted by Crippen LogP contribution is -2.49. The summed E-state index contributed by atoms with van der Waals surface area (Å²) in [6.45, 7) is 6.92. The first-order valence-electron chi connectivity index (χ1n) is 5.32. The predicted octanol–water partition coefficient (Wildman–Crippen LogP) is 0.700. The fourth-order valence-corrected chi connectivity index (χ4v) is 1.49. The van der Waals surface area contributed by atoms with Crippen molar-refractivity contribution >= 4 is 5.91 Å². The third-order valence-corrected chi connectivity index (χ3v) is 2.89. The van der Waals surface area contributed by atoms with Crippen LogP contribution in [-0.4, -0.2) is 48.9 Å². The Bertz CT molecular complexity index is 280. The molecule has 0 spiro atoms. The van der Waals surface area contributed by atoms with E-state index in [2.05, 4.69) is 11.0 Å². The lowest BCUT2D eigenvalue weighted by Gasteiger charge is -2.33. The third-order valence-electron chi connectivity index (χ3n) is 2.89. The molecule has 0 unspecified atom stereocenters. The SMILES string of the molecule is CN1CCN(CCC(C)(C)C#N)CC1=O. The zero-order chi connectivity index (χ0) is 11.5. The number of hydrogen-bond acceptors (Lipinski definition) is 3. The lowest BCUT2D eigenvalue weighted by atomic mass is 9.91. The van der Waals surface area contributed by atoms with Crippen LogP contribution in [-0.2, 0) is 4.79 Å². The number of likely N-dealkylation sites (N-methyl/N-ethyl adjacent to an activating group) is 1. The Labute approximate surface area is 91.5 Å². The Kier molecular flexibility index (Phi) is 3.70. The van der Waals surface area contributed by atoms with Gasteiger partial charge in [0.2, 0.25) is 5.91 Å². The van der Waals surface area contributed by atoms with E-state index in [1.54, 1.807) is 4.90 Å². The molecule has 0 aromatic carbocycles. The van der Waals surface area contributed by atoms with E-state index in [-0.39, 0.29) is 11.3 Å². The van der Waals surface area contributed by atoms with Crippen molar-refractivity contribution < 1.29 is 4.79 Å². The summed E-state index contributed by atoms with van der Waals surface area (Å²) in [5, 5.41) is 8.87. The van der Waals surface area contributed by atoms with Gasteiger partial charge in [0.25, 0.3) is 0 Å². The van der Waals surface area contributed by atoms with Gasteiger partial charge in [0.05, 0.1) is 18.0 Å². The smallest absolute Gasteiger partial charge is 0.236 e. The summed E-state index contributed by atoms with van der Waals surface area (Å²) in [5.41, 5.74) is -0.285. The Hall–Kier alpha value is -1.08. The highest BCUT2D eigenvalue weighted by atomic mass is 16.2. The van der Waals surface area contributed by atoms with Crippen molar-refractivity contribution in [1.82, 2.24) is 9.80 Å². The fourth-order valence-electron chi connectivity index (χ4n) is 1.49. The molecular weight excluding hydrogens is 190 g/mol. The molecule has 1 aliphatic heterocycles. The first-order valence-corrected chi connectivity index (χ1v) is 5.32. The summed E-state index contributed by atoms with van der Waals surface area (Å²) in [6.07, 6.45) is 0.820. The maximum Gasteiger partial charge on any atom is 0.236 e. The van der Waals surface area contributed by atoms with Crippen LogP contribution in [0.2, 0.25) is 0 Å². The Morgan fingerprint density at radius 2 is 2.13 bits per heavy atom. The molecule has 0 saturated carbocycles. The maximum atomic E-state index is 11.4. The van der Waals surface area contributed by atoms with E-state index in [1.807, 2.05) is 20.9 Å².